The summed E-state index contributed by atoms with van der Waals surface area (Å²) >= 11 is 5.97. The van der Waals surface area contributed by atoms with Gasteiger partial charge in [0.05, 0.1) is 0 Å². The lowest BCUT2D eigenvalue weighted by Gasteiger charge is -2.28. The Labute approximate surface area is 88.3 Å². The van der Waals surface area contributed by atoms with E-state index in [9.17, 15) is 0 Å². The molecule has 0 aliphatic carbocycles. The van der Waals surface area contributed by atoms with Crippen LogP contribution in [0.3, 0.4) is 0 Å². The third-order valence-corrected chi connectivity index (χ3v) is 2.90. The average Bonchev–Trinajstić information content (AvgIpc) is 2.18. The van der Waals surface area contributed by atoms with Crippen LogP contribution in [0.4, 0.5) is 0 Å². The summed E-state index contributed by atoms with van der Waals surface area (Å²) in [7, 11) is 2.11. The minimum absolute atomic E-state index is 0.391. The first-order valence-corrected chi connectivity index (χ1v) is 5.17. The Morgan fingerprint density at radius 3 is 3.14 bits per heavy atom. The van der Waals surface area contributed by atoms with Gasteiger partial charge in [0.25, 0.3) is 0 Å². The van der Waals surface area contributed by atoms with Crippen molar-refractivity contribution in [3.63, 3.8) is 0 Å². The monoisotopic (exact) mass is 212 g/mol. The Kier molecular flexibility index (Phi) is 2.93. The first-order valence-electron chi connectivity index (χ1n) is 4.79. The number of rotatable bonds is 1. The Bertz CT molecular complexity index is 317. The van der Waals surface area contributed by atoms with Gasteiger partial charge in [-0.25, -0.2) is 4.98 Å². The van der Waals surface area contributed by atoms with Gasteiger partial charge in [0.1, 0.15) is 12.0 Å². The maximum atomic E-state index is 5.97. The molecule has 5 heteroatoms. The molecule has 2 rings (SSSR count). The van der Waals surface area contributed by atoms with Crippen molar-refractivity contribution in [2.75, 3.05) is 20.1 Å². The van der Waals surface area contributed by atoms with Gasteiger partial charge < -0.3 is 4.90 Å². The summed E-state index contributed by atoms with van der Waals surface area (Å²) in [6, 6.07) is 0. The van der Waals surface area contributed by atoms with Gasteiger partial charge in [0.2, 0.25) is 0 Å². The van der Waals surface area contributed by atoms with Crippen molar-refractivity contribution >= 4 is 11.6 Å². The van der Waals surface area contributed by atoms with Crippen LogP contribution < -0.4 is 0 Å². The third-order valence-electron chi connectivity index (χ3n) is 2.61. The number of hydrogen-bond donors (Lipinski definition) is 0. The summed E-state index contributed by atoms with van der Waals surface area (Å²) in [6.45, 7) is 2.15. The van der Waals surface area contributed by atoms with Crippen LogP contribution in [0.5, 0.6) is 0 Å². The number of halogens is 1. The highest BCUT2D eigenvalue weighted by atomic mass is 35.5. The second kappa shape index (κ2) is 4.19. The maximum absolute atomic E-state index is 5.97. The smallest absolute Gasteiger partial charge is 0.154 e. The molecule has 1 aliphatic heterocycles. The molecule has 0 bridgehead atoms. The molecule has 4 nitrogen and oxygen atoms in total. The number of hydrogen-bond acceptors (Lipinski definition) is 4. The fourth-order valence-corrected chi connectivity index (χ4v) is 2.15. The Morgan fingerprint density at radius 2 is 2.43 bits per heavy atom. The quantitative estimate of drug-likeness (QED) is 0.705. The van der Waals surface area contributed by atoms with Crippen molar-refractivity contribution in [1.82, 2.24) is 20.1 Å². The van der Waals surface area contributed by atoms with Crippen LogP contribution in [0, 0.1) is 0 Å². The van der Waals surface area contributed by atoms with Crippen molar-refractivity contribution < 1.29 is 0 Å². The highest BCUT2D eigenvalue weighted by Crippen LogP contribution is 2.27. The van der Waals surface area contributed by atoms with E-state index >= 15 is 0 Å². The van der Waals surface area contributed by atoms with Crippen LogP contribution >= 0.6 is 11.6 Å². The highest BCUT2D eigenvalue weighted by molar-refractivity contribution is 6.30. The average molecular weight is 213 g/mol. The van der Waals surface area contributed by atoms with Crippen LogP contribution in [-0.2, 0) is 0 Å². The Morgan fingerprint density at radius 1 is 1.57 bits per heavy atom. The van der Waals surface area contributed by atoms with Gasteiger partial charge in [0.15, 0.2) is 5.15 Å². The molecule has 0 aromatic carbocycles. The molecule has 0 N–H and O–H groups in total. The van der Waals surface area contributed by atoms with Crippen molar-refractivity contribution in [3.05, 3.63) is 17.2 Å². The van der Waals surface area contributed by atoms with E-state index in [4.69, 9.17) is 11.6 Å². The van der Waals surface area contributed by atoms with Crippen molar-refractivity contribution in [2.24, 2.45) is 0 Å². The molecule has 1 aromatic rings. The molecular weight excluding hydrogens is 200 g/mol. The van der Waals surface area contributed by atoms with Gasteiger partial charge in [-0.3, -0.25) is 0 Å². The number of likely N-dealkylation sites (N-methyl/N-ethyl adjacent to an activating group) is 1. The molecule has 1 unspecified atom stereocenters. The number of piperidine rings is 1. The highest BCUT2D eigenvalue weighted by Gasteiger charge is 2.22. The zero-order valence-electron chi connectivity index (χ0n) is 8.15. The molecule has 0 amide bonds. The molecule has 14 heavy (non-hydrogen) atoms. The molecule has 1 aromatic heterocycles. The lowest BCUT2D eigenvalue weighted by molar-refractivity contribution is 0.247. The molecule has 0 radical (unpaired) electrons. The fourth-order valence-electron chi connectivity index (χ4n) is 1.91. The summed E-state index contributed by atoms with van der Waals surface area (Å²) in [5.41, 5.74) is 0.848. The standard InChI is InChI=1S/C9H13ClN4/c1-14-4-2-3-7(5-14)8-9(10)11-6-12-13-8/h6-7H,2-5H2,1H3. The van der Waals surface area contributed by atoms with Crippen LogP contribution in [-0.4, -0.2) is 40.2 Å². The molecule has 1 aliphatic rings. The third kappa shape index (κ3) is 2.01. The first-order chi connectivity index (χ1) is 6.77. The van der Waals surface area contributed by atoms with E-state index in [-0.39, 0.29) is 0 Å². The summed E-state index contributed by atoms with van der Waals surface area (Å²) in [4.78, 5) is 6.24. The topological polar surface area (TPSA) is 41.9 Å². The lowest BCUT2D eigenvalue weighted by Crippen LogP contribution is -2.31. The predicted octanol–water partition coefficient (Wildman–Crippen LogP) is 1.33. The molecule has 1 atom stereocenters. The molecule has 0 spiro atoms. The number of likely N-dealkylation sites (tertiary alicyclic amines) is 1. The summed E-state index contributed by atoms with van der Waals surface area (Å²) in [5.74, 6) is 0.391. The fraction of sp³-hybridized carbons (Fsp3) is 0.667. The summed E-state index contributed by atoms with van der Waals surface area (Å²) in [6.07, 6.45) is 3.71. The van der Waals surface area contributed by atoms with Gasteiger partial charge in [-0.2, -0.15) is 5.10 Å². The zero-order valence-corrected chi connectivity index (χ0v) is 8.91. The molecule has 1 saturated heterocycles. The Balaban J connectivity index is 2.18. The summed E-state index contributed by atoms with van der Waals surface area (Å²) < 4.78 is 0. The van der Waals surface area contributed by atoms with E-state index in [1.165, 1.54) is 12.7 Å². The van der Waals surface area contributed by atoms with Crippen LogP contribution in [0.1, 0.15) is 24.5 Å². The minimum atomic E-state index is 0.391. The summed E-state index contributed by atoms with van der Waals surface area (Å²) in [5, 5.41) is 8.35. The molecule has 2 heterocycles. The van der Waals surface area contributed by atoms with E-state index in [1.807, 2.05) is 0 Å². The van der Waals surface area contributed by atoms with E-state index in [1.54, 1.807) is 0 Å². The van der Waals surface area contributed by atoms with Crippen molar-refractivity contribution in [3.8, 4) is 0 Å². The number of aromatic nitrogens is 3. The van der Waals surface area contributed by atoms with Gasteiger partial charge in [-0.05, 0) is 26.4 Å². The second-order valence-electron chi connectivity index (χ2n) is 3.74. The van der Waals surface area contributed by atoms with Crippen LogP contribution in [0.15, 0.2) is 6.33 Å². The predicted molar refractivity (Wildman–Crippen MR) is 54.3 cm³/mol. The van der Waals surface area contributed by atoms with Crippen molar-refractivity contribution in [1.29, 1.82) is 0 Å². The zero-order chi connectivity index (χ0) is 9.97. The van der Waals surface area contributed by atoms with E-state index in [2.05, 4.69) is 27.1 Å². The van der Waals surface area contributed by atoms with Gasteiger partial charge in [0, 0.05) is 12.5 Å². The largest absolute Gasteiger partial charge is 0.306 e. The van der Waals surface area contributed by atoms with E-state index in [0.29, 0.717) is 11.1 Å². The van der Waals surface area contributed by atoms with E-state index in [0.717, 1.165) is 25.2 Å². The first kappa shape index (κ1) is 9.80. The normalized spacial score (nSPS) is 23.7. The molecular formula is C9H13ClN4. The maximum Gasteiger partial charge on any atom is 0.154 e. The molecule has 76 valence electrons. The van der Waals surface area contributed by atoms with Gasteiger partial charge in [-0.1, -0.05) is 11.6 Å². The van der Waals surface area contributed by atoms with Gasteiger partial charge in [-0.15, -0.1) is 5.10 Å². The lowest BCUT2D eigenvalue weighted by atomic mass is 9.96. The molecule has 0 saturated carbocycles. The van der Waals surface area contributed by atoms with Gasteiger partial charge >= 0.3 is 0 Å². The minimum Gasteiger partial charge on any atom is -0.306 e. The Hall–Kier alpha value is -0.740. The SMILES string of the molecule is CN1CCCC(c2nncnc2Cl)C1. The van der Waals surface area contributed by atoms with Crippen molar-refractivity contribution in [2.45, 2.75) is 18.8 Å². The van der Waals surface area contributed by atoms with Crippen LogP contribution in [0.25, 0.3) is 0 Å². The van der Waals surface area contributed by atoms with Crippen LogP contribution in [0.2, 0.25) is 5.15 Å². The second-order valence-corrected chi connectivity index (χ2v) is 4.10. The molecule has 1 fully saturated rings. The van der Waals surface area contributed by atoms with E-state index < -0.39 is 0 Å². The number of nitrogens with zero attached hydrogens (tertiary/aromatic N) is 4.